The average molecular weight is 257 g/mol. The molecule has 0 saturated carbocycles. The summed E-state index contributed by atoms with van der Waals surface area (Å²) in [5, 5.41) is 3.58. The number of ether oxygens (including phenoxy) is 1. The van der Waals surface area contributed by atoms with Crippen LogP contribution in [0, 0.1) is 5.92 Å². The van der Waals surface area contributed by atoms with Gasteiger partial charge in [-0.15, -0.1) is 13.2 Å². The molecule has 2 heteroatoms. The quantitative estimate of drug-likeness (QED) is 0.791. The van der Waals surface area contributed by atoms with E-state index >= 15 is 0 Å². The van der Waals surface area contributed by atoms with Crippen LogP contribution in [-0.4, -0.2) is 19.7 Å². The zero-order chi connectivity index (χ0) is 13.7. The lowest BCUT2D eigenvalue weighted by atomic mass is 9.78. The van der Waals surface area contributed by atoms with Gasteiger partial charge in [-0.25, -0.2) is 0 Å². The van der Waals surface area contributed by atoms with Crippen molar-refractivity contribution in [1.82, 2.24) is 5.32 Å². The van der Waals surface area contributed by atoms with Crippen molar-refractivity contribution in [3.05, 3.63) is 54.6 Å². The average Bonchev–Trinajstić information content (AvgIpc) is 2.44. The summed E-state index contributed by atoms with van der Waals surface area (Å²) >= 11 is 0. The molecule has 1 N–H and O–H groups in total. The van der Waals surface area contributed by atoms with E-state index < -0.39 is 0 Å². The highest BCUT2D eigenvalue weighted by Crippen LogP contribution is 2.33. The second-order valence-electron chi connectivity index (χ2n) is 5.09. The summed E-state index contributed by atoms with van der Waals surface area (Å²) in [5.74, 6) is 1.62. The minimum absolute atomic E-state index is 0.472. The van der Waals surface area contributed by atoms with Crippen molar-refractivity contribution in [3.63, 3.8) is 0 Å². The van der Waals surface area contributed by atoms with E-state index in [0.717, 1.165) is 31.6 Å². The van der Waals surface area contributed by atoms with E-state index in [-0.39, 0.29) is 0 Å². The number of benzene rings is 1. The Balaban J connectivity index is 2.25. The molecule has 1 aliphatic rings. The van der Waals surface area contributed by atoms with Gasteiger partial charge in [0.2, 0.25) is 0 Å². The minimum Gasteiger partial charge on any atom is -0.496 e. The van der Waals surface area contributed by atoms with Gasteiger partial charge in [0, 0.05) is 12.6 Å². The molecule has 1 aliphatic carbocycles. The Morgan fingerprint density at radius 1 is 1.32 bits per heavy atom. The van der Waals surface area contributed by atoms with Crippen molar-refractivity contribution in [2.75, 3.05) is 13.7 Å². The predicted molar refractivity (Wildman–Crippen MR) is 80.7 cm³/mol. The van der Waals surface area contributed by atoms with Crippen molar-refractivity contribution in [2.24, 2.45) is 5.92 Å². The van der Waals surface area contributed by atoms with Crippen LogP contribution < -0.4 is 10.1 Å². The van der Waals surface area contributed by atoms with Crippen LogP contribution in [0.15, 0.2) is 43.5 Å². The largest absolute Gasteiger partial charge is 0.496 e. The monoisotopic (exact) mass is 257 g/mol. The van der Waals surface area contributed by atoms with Crippen LogP contribution in [0.3, 0.4) is 0 Å². The molecule has 0 amide bonds. The van der Waals surface area contributed by atoms with Gasteiger partial charge in [-0.2, -0.15) is 0 Å². The van der Waals surface area contributed by atoms with Crippen LogP contribution >= 0.6 is 0 Å². The molecule has 0 heterocycles. The molecular formula is C17H23NO. The second kappa shape index (κ2) is 6.58. The Morgan fingerprint density at radius 2 is 2.16 bits per heavy atom. The van der Waals surface area contributed by atoms with Crippen molar-refractivity contribution < 1.29 is 4.74 Å². The van der Waals surface area contributed by atoms with Crippen molar-refractivity contribution in [3.8, 4) is 5.75 Å². The third-order valence-electron chi connectivity index (χ3n) is 3.92. The molecule has 102 valence electrons. The number of nitrogens with one attached hydrogen (secondary N) is 1. The number of fused-ring (bicyclic) bond motifs is 1. The Bertz CT molecular complexity index is 453. The summed E-state index contributed by atoms with van der Waals surface area (Å²) in [6.07, 6.45) is 7.10. The maximum Gasteiger partial charge on any atom is 0.122 e. The molecule has 2 rings (SSSR count). The summed E-state index contributed by atoms with van der Waals surface area (Å²) in [4.78, 5) is 0. The molecule has 2 atom stereocenters. The van der Waals surface area contributed by atoms with Crippen LogP contribution in [0.4, 0.5) is 0 Å². The van der Waals surface area contributed by atoms with Gasteiger partial charge in [0.1, 0.15) is 5.75 Å². The van der Waals surface area contributed by atoms with Crippen LogP contribution in [0.5, 0.6) is 5.75 Å². The minimum atomic E-state index is 0.472. The van der Waals surface area contributed by atoms with Gasteiger partial charge >= 0.3 is 0 Å². The summed E-state index contributed by atoms with van der Waals surface area (Å²) in [7, 11) is 1.75. The second-order valence-corrected chi connectivity index (χ2v) is 5.09. The number of methoxy groups -OCH3 is 1. The highest BCUT2D eigenvalue weighted by molar-refractivity contribution is 5.43. The zero-order valence-electron chi connectivity index (χ0n) is 11.7. The fourth-order valence-corrected chi connectivity index (χ4v) is 2.97. The molecule has 1 aromatic carbocycles. The van der Waals surface area contributed by atoms with Crippen LogP contribution in [0.2, 0.25) is 0 Å². The molecule has 0 spiro atoms. The van der Waals surface area contributed by atoms with Gasteiger partial charge < -0.3 is 10.1 Å². The van der Waals surface area contributed by atoms with Crippen molar-refractivity contribution in [1.29, 1.82) is 0 Å². The van der Waals surface area contributed by atoms with E-state index in [4.69, 9.17) is 4.74 Å². The fourth-order valence-electron chi connectivity index (χ4n) is 2.97. The summed E-state index contributed by atoms with van der Waals surface area (Å²) in [6.45, 7) is 8.52. The predicted octanol–water partition coefficient (Wildman–Crippen LogP) is 3.13. The first-order valence-electron chi connectivity index (χ1n) is 6.90. The van der Waals surface area contributed by atoms with E-state index in [1.54, 1.807) is 7.11 Å². The molecule has 0 radical (unpaired) electrons. The topological polar surface area (TPSA) is 21.3 Å². The van der Waals surface area contributed by atoms with Gasteiger partial charge in [0.15, 0.2) is 0 Å². The van der Waals surface area contributed by atoms with Crippen LogP contribution in [-0.2, 0) is 12.8 Å². The Kier molecular flexibility index (Phi) is 4.80. The molecule has 0 unspecified atom stereocenters. The van der Waals surface area contributed by atoms with E-state index in [2.05, 4.69) is 36.7 Å². The number of hydrogen-bond donors (Lipinski definition) is 1. The van der Waals surface area contributed by atoms with E-state index in [1.807, 2.05) is 12.2 Å². The molecule has 0 saturated heterocycles. The van der Waals surface area contributed by atoms with Gasteiger partial charge in [0.05, 0.1) is 7.11 Å². The van der Waals surface area contributed by atoms with E-state index in [1.165, 1.54) is 11.1 Å². The molecule has 0 aliphatic heterocycles. The first-order valence-corrected chi connectivity index (χ1v) is 6.90. The van der Waals surface area contributed by atoms with Gasteiger partial charge in [0.25, 0.3) is 0 Å². The molecule has 0 fully saturated rings. The van der Waals surface area contributed by atoms with Gasteiger partial charge in [-0.3, -0.25) is 0 Å². The lowest BCUT2D eigenvalue weighted by Crippen LogP contribution is -2.42. The Morgan fingerprint density at radius 3 is 2.84 bits per heavy atom. The maximum absolute atomic E-state index is 5.49. The molecule has 19 heavy (non-hydrogen) atoms. The SMILES string of the molecule is C=CCN[C@@H]1Cc2c(cccc2OC)C[C@H]1CC=C. The van der Waals surface area contributed by atoms with Gasteiger partial charge in [-0.1, -0.05) is 24.3 Å². The lowest BCUT2D eigenvalue weighted by molar-refractivity contribution is 0.331. The molecule has 2 nitrogen and oxygen atoms in total. The third kappa shape index (κ3) is 3.07. The van der Waals surface area contributed by atoms with E-state index in [0.29, 0.717) is 12.0 Å². The highest BCUT2D eigenvalue weighted by atomic mass is 16.5. The fraction of sp³-hybridized carbons (Fsp3) is 0.412. The van der Waals surface area contributed by atoms with Crippen LogP contribution in [0.25, 0.3) is 0 Å². The maximum atomic E-state index is 5.49. The lowest BCUT2D eigenvalue weighted by Gasteiger charge is -2.34. The summed E-state index contributed by atoms with van der Waals surface area (Å²) < 4.78 is 5.49. The van der Waals surface area contributed by atoms with Crippen LogP contribution in [0.1, 0.15) is 17.5 Å². The molecular weight excluding hydrogens is 234 g/mol. The van der Waals surface area contributed by atoms with Gasteiger partial charge in [-0.05, 0) is 42.4 Å². The number of allylic oxidation sites excluding steroid dienone is 1. The molecule has 1 aromatic rings. The highest BCUT2D eigenvalue weighted by Gasteiger charge is 2.28. The summed E-state index contributed by atoms with van der Waals surface area (Å²) in [5.41, 5.74) is 2.77. The smallest absolute Gasteiger partial charge is 0.122 e. The Hall–Kier alpha value is -1.54. The third-order valence-corrected chi connectivity index (χ3v) is 3.92. The Labute approximate surface area is 116 Å². The molecule has 0 aromatic heterocycles. The molecule has 0 bridgehead atoms. The zero-order valence-corrected chi connectivity index (χ0v) is 11.7. The number of hydrogen-bond acceptors (Lipinski definition) is 2. The van der Waals surface area contributed by atoms with E-state index in [9.17, 15) is 0 Å². The standard InChI is InChI=1S/C17H23NO/c1-4-7-14-11-13-8-6-9-17(19-3)15(13)12-16(14)18-10-5-2/h4-6,8-9,14,16,18H,1-2,7,10-12H2,3H3/t14-,16-/m1/s1. The van der Waals surface area contributed by atoms with Crippen molar-refractivity contribution in [2.45, 2.75) is 25.3 Å². The normalized spacial score (nSPS) is 21.5. The number of rotatable bonds is 6. The first-order chi connectivity index (χ1) is 9.30. The summed E-state index contributed by atoms with van der Waals surface area (Å²) in [6, 6.07) is 6.83. The first kappa shape index (κ1) is 13.9. The van der Waals surface area contributed by atoms with Crippen molar-refractivity contribution >= 4 is 0 Å².